The minimum atomic E-state index is -1.05. The number of aliphatic hydroxyl groups excluding tert-OH is 2. The molecule has 1 aromatic rings. The van der Waals surface area contributed by atoms with E-state index in [9.17, 15) is 10.2 Å². The van der Waals surface area contributed by atoms with E-state index in [1.165, 1.54) is 0 Å². The highest BCUT2D eigenvalue weighted by molar-refractivity contribution is 5.39. The van der Waals surface area contributed by atoms with Crippen molar-refractivity contribution in [3.05, 3.63) is 23.4 Å². The van der Waals surface area contributed by atoms with Gasteiger partial charge in [0.1, 0.15) is 11.7 Å². The quantitative estimate of drug-likeness (QED) is 0.490. The zero-order valence-electron chi connectivity index (χ0n) is 16.7. The van der Waals surface area contributed by atoms with E-state index in [-0.39, 0.29) is 6.61 Å². The Morgan fingerprint density at radius 1 is 1.15 bits per heavy atom. The smallest absolute Gasteiger partial charge is 0.218 e. The number of ether oxygens (including phenoxy) is 3. The molecule has 0 bridgehead atoms. The number of rotatable bonds is 14. The van der Waals surface area contributed by atoms with Gasteiger partial charge in [-0.15, -0.1) is 0 Å². The molecule has 0 radical (unpaired) electrons. The maximum Gasteiger partial charge on any atom is 0.218 e. The van der Waals surface area contributed by atoms with Crippen LogP contribution in [0.2, 0.25) is 0 Å². The summed E-state index contributed by atoms with van der Waals surface area (Å²) in [5, 5.41) is 20.3. The second kappa shape index (κ2) is 12.2. The van der Waals surface area contributed by atoms with Gasteiger partial charge in [0, 0.05) is 25.0 Å². The summed E-state index contributed by atoms with van der Waals surface area (Å²) in [4.78, 5) is 4.28. The molecule has 0 saturated carbocycles. The van der Waals surface area contributed by atoms with Crippen molar-refractivity contribution in [2.45, 2.75) is 71.2 Å². The van der Waals surface area contributed by atoms with Crippen molar-refractivity contribution in [3.8, 4) is 5.88 Å². The fourth-order valence-electron chi connectivity index (χ4n) is 3.03. The van der Waals surface area contributed by atoms with Crippen LogP contribution in [0, 0.1) is 0 Å². The van der Waals surface area contributed by atoms with Gasteiger partial charge in [-0.1, -0.05) is 33.6 Å². The maximum absolute atomic E-state index is 10.6. The number of hydrogen-bond donors (Lipinski definition) is 2. The van der Waals surface area contributed by atoms with Crippen molar-refractivity contribution in [1.29, 1.82) is 0 Å². The number of methoxy groups -OCH3 is 1. The third kappa shape index (κ3) is 5.64. The van der Waals surface area contributed by atoms with E-state index in [4.69, 9.17) is 14.2 Å². The minimum absolute atomic E-state index is 0.323. The second-order valence-electron chi connectivity index (χ2n) is 6.40. The lowest BCUT2D eigenvalue weighted by Gasteiger charge is -2.38. The van der Waals surface area contributed by atoms with Crippen LogP contribution in [0.15, 0.2) is 12.3 Å². The molecule has 0 saturated heterocycles. The molecule has 1 heterocycles. The first-order valence-electron chi connectivity index (χ1n) is 9.64. The first-order valence-corrected chi connectivity index (χ1v) is 9.64. The van der Waals surface area contributed by atoms with Gasteiger partial charge in [0.2, 0.25) is 5.88 Å². The molecule has 0 aromatic carbocycles. The Hall–Kier alpha value is -1.21. The lowest BCUT2D eigenvalue weighted by Crippen LogP contribution is -2.45. The molecule has 6 heteroatoms. The normalized spacial score (nSPS) is 14.8. The molecule has 2 N–H and O–H groups in total. The Labute approximate surface area is 157 Å². The molecular formula is C20H35NO5. The second-order valence-corrected chi connectivity index (χ2v) is 6.40. The third-order valence-corrected chi connectivity index (χ3v) is 4.65. The van der Waals surface area contributed by atoms with Crippen molar-refractivity contribution < 1.29 is 24.4 Å². The predicted molar refractivity (Wildman–Crippen MR) is 101 cm³/mol. The van der Waals surface area contributed by atoms with Gasteiger partial charge in [-0.3, -0.25) is 0 Å². The fourth-order valence-corrected chi connectivity index (χ4v) is 3.03. The fraction of sp³-hybridized carbons (Fsp3) is 0.750. The van der Waals surface area contributed by atoms with E-state index in [0.717, 1.165) is 36.8 Å². The van der Waals surface area contributed by atoms with Crippen molar-refractivity contribution >= 4 is 0 Å². The van der Waals surface area contributed by atoms with Gasteiger partial charge in [-0.2, -0.15) is 0 Å². The number of pyridine rings is 1. The van der Waals surface area contributed by atoms with Crippen LogP contribution < -0.4 is 4.74 Å². The summed E-state index contributed by atoms with van der Waals surface area (Å²) in [6.07, 6.45) is 4.99. The van der Waals surface area contributed by atoms with Gasteiger partial charge in [-0.05, 0) is 30.9 Å². The average molecular weight is 370 g/mol. The Morgan fingerprint density at radius 3 is 2.42 bits per heavy atom. The van der Waals surface area contributed by atoms with E-state index >= 15 is 0 Å². The van der Waals surface area contributed by atoms with E-state index in [1.807, 2.05) is 13.0 Å². The maximum atomic E-state index is 10.6. The van der Waals surface area contributed by atoms with Crippen LogP contribution in [0.1, 0.15) is 64.0 Å². The number of unbranched alkanes of at least 4 members (excludes halogenated alkanes) is 2. The first kappa shape index (κ1) is 22.8. The van der Waals surface area contributed by atoms with E-state index < -0.39 is 11.7 Å². The zero-order valence-corrected chi connectivity index (χ0v) is 16.7. The molecule has 150 valence electrons. The number of aliphatic hydroxyl groups is 2. The van der Waals surface area contributed by atoms with Crippen LogP contribution >= 0.6 is 0 Å². The van der Waals surface area contributed by atoms with Gasteiger partial charge >= 0.3 is 0 Å². The highest BCUT2D eigenvalue weighted by atomic mass is 16.5. The molecule has 26 heavy (non-hydrogen) atoms. The largest absolute Gasteiger partial charge is 0.481 e. The van der Waals surface area contributed by atoms with Crippen molar-refractivity contribution in [2.24, 2.45) is 0 Å². The summed E-state index contributed by atoms with van der Waals surface area (Å²) < 4.78 is 17.4. The van der Waals surface area contributed by atoms with Crippen molar-refractivity contribution in [2.75, 3.05) is 26.9 Å². The van der Waals surface area contributed by atoms with Gasteiger partial charge in [0.25, 0.3) is 0 Å². The highest BCUT2D eigenvalue weighted by Crippen LogP contribution is 2.38. The zero-order chi connectivity index (χ0) is 19.4. The molecule has 0 aliphatic heterocycles. The van der Waals surface area contributed by atoms with Gasteiger partial charge in [0.15, 0.2) is 0 Å². The van der Waals surface area contributed by atoms with Crippen LogP contribution in [0.3, 0.4) is 0 Å². The lowest BCUT2D eigenvalue weighted by molar-refractivity contribution is -0.147. The molecular weight excluding hydrogens is 334 g/mol. The van der Waals surface area contributed by atoms with Crippen LogP contribution in [0.4, 0.5) is 0 Å². The van der Waals surface area contributed by atoms with E-state index in [1.54, 1.807) is 13.3 Å². The van der Waals surface area contributed by atoms with Gasteiger partial charge in [0.05, 0.1) is 20.3 Å². The van der Waals surface area contributed by atoms with Crippen LogP contribution in [0.25, 0.3) is 0 Å². The number of hydrogen-bond acceptors (Lipinski definition) is 6. The Kier molecular flexibility index (Phi) is 10.7. The van der Waals surface area contributed by atoms with Gasteiger partial charge < -0.3 is 24.4 Å². The molecule has 1 rings (SSSR count). The topological polar surface area (TPSA) is 81.0 Å². The standard InChI is InChI=1S/C20H35NO5/c1-5-8-12-25-15-16-17(10-11-21-19(16)24-4)20(7-3,18(23)14-22)26-13-9-6-2/h10-11,18,22-23H,5-9,12-15H2,1-4H3/t18-,20+/m1/s1. The Morgan fingerprint density at radius 2 is 1.85 bits per heavy atom. The first-order chi connectivity index (χ1) is 12.6. The summed E-state index contributed by atoms with van der Waals surface area (Å²) in [7, 11) is 1.57. The van der Waals surface area contributed by atoms with Crippen LogP contribution in [-0.2, 0) is 21.7 Å². The predicted octanol–water partition coefficient (Wildman–Crippen LogP) is 3.18. The SMILES string of the molecule is CCCCOCc1c([C@](CC)(OCCCC)[C@H](O)CO)ccnc1OC. The number of aromatic nitrogens is 1. The molecule has 2 atom stereocenters. The summed E-state index contributed by atoms with van der Waals surface area (Å²) in [6, 6.07) is 1.83. The average Bonchev–Trinajstić information content (AvgIpc) is 2.68. The Balaban J connectivity index is 3.29. The summed E-state index contributed by atoms with van der Waals surface area (Å²) in [6.45, 7) is 7.22. The summed E-state index contributed by atoms with van der Waals surface area (Å²) in [5.41, 5.74) is 0.502. The molecule has 0 spiro atoms. The Bertz CT molecular complexity index is 511. The highest BCUT2D eigenvalue weighted by Gasteiger charge is 2.41. The van der Waals surface area contributed by atoms with Crippen LogP contribution in [0.5, 0.6) is 5.88 Å². The molecule has 0 aliphatic rings. The molecule has 0 unspecified atom stereocenters. The molecule has 0 fully saturated rings. The summed E-state index contributed by atoms with van der Waals surface area (Å²) in [5.74, 6) is 0.459. The summed E-state index contributed by atoms with van der Waals surface area (Å²) >= 11 is 0. The van der Waals surface area contributed by atoms with E-state index in [0.29, 0.717) is 32.1 Å². The molecule has 0 amide bonds. The van der Waals surface area contributed by atoms with Crippen molar-refractivity contribution in [1.82, 2.24) is 4.98 Å². The molecule has 0 aliphatic carbocycles. The monoisotopic (exact) mass is 369 g/mol. The molecule has 6 nitrogen and oxygen atoms in total. The molecule has 1 aromatic heterocycles. The third-order valence-electron chi connectivity index (χ3n) is 4.65. The van der Waals surface area contributed by atoms with Crippen LogP contribution in [-0.4, -0.2) is 48.2 Å². The lowest BCUT2D eigenvalue weighted by atomic mass is 9.83. The van der Waals surface area contributed by atoms with Gasteiger partial charge in [-0.25, -0.2) is 4.98 Å². The number of nitrogens with zero attached hydrogens (tertiary/aromatic N) is 1. The van der Waals surface area contributed by atoms with Crippen molar-refractivity contribution in [3.63, 3.8) is 0 Å². The minimum Gasteiger partial charge on any atom is -0.481 e. The van der Waals surface area contributed by atoms with E-state index in [2.05, 4.69) is 18.8 Å².